The number of hydrogen-bond acceptors (Lipinski definition) is 2. The fraction of sp³-hybridized carbons (Fsp3) is 0.947. The Morgan fingerprint density at radius 1 is 1.14 bits per heavy atom. The molecule has 1 amide bonds. The van der Waals surface area contributed by atoms with Crippen LogP contribution >= 0.6 is 0 Å². The molecule has 1 N–H and O–H groups in total. The first-order valence-corrected chi connectivity index (χ1v) is 9.59. The van der Waals surface area contributed by atoms with Gasteiger partial charge in [-0.1, -0.05) is 46.5 Å². The third kappa shape index (κ3) is 5.57. The van der Waals surface area contributed by atoms with Gasteiger partial charge in [-0.15, -0.1) is 0 Å². The lowest BCUT2D eigenvalue weighted by atomic mass is 9.88. The molecular weight excluding hydrogens is 272 g/mol. The molecule has 2 atom stereocenters. The molecule has 1 aliphatic heterocycles. The van der Waals surface area contributed by atoms with E-state index in [2.05, 4.69) is 31.0 Å². The van der Waals surface area contributed by atoms with Gasteiger partial charge in [0.05, 0.1) is 0 Å². The molecular formula is C19H36N2O. The van der Waals surface area contributed by atoms with Gasteiger partial charge in [0.15, 0.2) is 0 Å². The zero-order chi connectivity index (χ0) is 15.9. The molecule has 2 unspecified atom stereocenters. The molecule has 1 saturated heterocycles. The number of nitrogens with zero attached hydrogens (tertiary/aromatic N) is 1. The zero-order valence-electron chi connectivity index (χ0n) is 14.9. The highest BCUT2D eigenvalue weighted by Gasteiger charge is 2.29. The lowest BCUT2D eigenvalue weighted by molar-refractivity contribution is -0.134. The molecule has 3 heteroatoms. The zero-order valence-corrected chi connectivity index (χ0v) is 14.9. The van der Waals surface area contributed by atoms with E-state index >= 15 is 0 Å². The summed E-state index contributed by atoms with van der Waals surface area (Å²) in [6, 6.07) is 0.511. The first kappa shape index (κ1) is 17.8. The standard InChI is InChI=1S/C19H36N2O/c1-4-16-11-18(20-12-17-8-6-5-7-9-17)14-21(13-16)19(22)10-15(2)3/h15-18,20H,4-14H2,1-3H3. The van der Waals surface area contributed by atoms with Crippen molar-refractivity contribution in [2.45, 2.75) is 78.2 Å². The number of amides is 1. The highest BCUT2D eigenvalue weighted by molar-refractivity contribution is 5.76. The van der Waals surface area contributed by atoms with E-state index in [1.54, 1.807) is 0 Å². The molecule has 1 aliphatic carbocycles. The summed E-state index contributed by atoms with van der Waals surface area (Å²) in [6.07, 6.45) is 10.2. The van der Waals surface area contributed by atoms with Crippen molar-refractivity contribution in [3.05, 3.63) is 0 Å². The van der Waals surface area contributed by atoms with E-state index in [0.717, 1.165) is 25.6 Å². The minimum absolute atomic E-state index is 0.359. The quantitative estimate of drug-likeness (QED) is 0.809. The van der Waals surface area contributed by atoms with Crippen molar-refractivity contribution in [3.63, 3.8) is 0 Å². The van der Waals surface area contributed by atoms with Crippen LogP contribution in [0.2, 0.25) is 0 Å². The highest BCUT2D eigenvalue weighted by Crippen LogP contribution is 2.25. The largest absolute Gasteiger partial charge is 0.341 e. The summed E-state index contributed by atoms with van der Waals surface area (Å²) >= 11 is 0. The van der Waals surface area contributed by atoms with Crippen molar-refractivity contribution in [2.24, 2.45) is 17.8 Å². The van der Waals surface area contributed by atoms with Gasteiger partial charge in [0, 0.05) is 25.6 Å². The third-order valence-electron chi connectivity index (χ3n) is 5.47. The Hall–Kier alpha value is -0.570. The first-order chi connectivity index (χ1) is 10.6. The molecule has 2 aliphatic rings. The van der Waals surface area contributed by atoms with Crippen LogP contribution < -0.4 is 5.32 Å². The van der Waals surface area contributed by atoms with Crippen LogP contribution in [0, 0.1) is 17.8 Å². The van der Waals surface area contributed by atoms with Crippen LogP contribution in [0.3, 0.4) is 0 Å². The Balaban J connectivity index is 1.82. The van der Waals surface area contributed by atoms with Crippen molar-refractivity contribution in [1.82, 2.24) is 10.2 Å². The van der Waals surface area contributed by atoms with Gasteiger partial charge in [-0.05, 0) is 43.6 Å². The minimum atomic E-state index is 0.359. The van der Waals surface area contributed by atoms with Gasteiger partial charge >= 0.3 is 0 Å². The Bertz CT molecular complexity index is 336. The Morgan fingerprint density at radius 2 is 1.86 bits per heavy atom. The van der Waals surface area contributed by atoms with Crippen molar-refractivity contribution < 1.29 is 4.79 Å². The highest BCUT2D eigenvalue weighted by atomic mass is 16.2. The predicted molar refractivity (Wildman–Crippen MR) is 92.8 cm³/mol. The van der Waals surface area contributed by atoms with E-state index < -0.39 is 0 Å². The van der Waals surface area contributed by atoms with Crippen molar-refractivity contribution in [1.29, 1.82) is 0 Å². The molecule has 2 fully saturated rings. The van der Waals surface area contributed by atoms with E-state index in [4.69, 9.17) is 0 Å². The Labute approximate surface area is 137 Å². The molecule has 22 heavy (non-hydrogen) atoms. The second kappa shape index (κ2) is 8.90. The van der Waals surface area contributed by atoms with E-state index in [1.165, 1.54) is 44.9 Å². The number of carbonyl (C=O) groups is 1. The molecule has 0 bridgehead atoms. The van der Waals surface area contributed by atoms with Crippen LogP contribution in [0.5, 0.6) is 0 Å². The fourth-order valence-corrected chi connectivity index (χ4v) is 4.05. The van der Waals surface area contributed by atoms with Gasteiger partial charge in [-0.25, -0.2) is 0 Å². The van der Waals surface area contributed by atoms with E-state index in [0.29, 0.717) is 30.2 Å². The average molecular weight is 309 g/mol. The number of piperidine rings is 1. The summed E-state index contributed by atoms with van der Waals surface area (Å²) in [7, 11) is 0. The molecule has 128 valence electrons. The molecule has 0 radical (unpaired) electrons. The summed E-state index contributed by atoms with van der Waals surface area (Å²) < 4.78 is 0. The van der Waals surface area contributed by atoms with Crippen molar-refractivity contribution >= 4 is 5.91 Å². The average Bonchev–Trinajstić information content (AvgIpc) is 2.53. The topological polar surface area (TPSA) is 32.3 Å². The molecule has 1 saturated carbocycles. The van der Waals surface area contributed by atoms with Gasteiger partial charge in [-0.3, -0.25) is 4.79 Å². The lowest BCUT2D eigenvalue weighted by Crippen LogP contribution is -2.52. The molecule has 0 aromatic carbocycles. The van der Waals surface area contributed by atoms with Crippen LogP contribution in [-0.2, 0) is 4.79 Å². The number of likely N-dealkylation sites (tertiary alicyclic amines) is 1. The van der Waals surface area contributed by atoms with Crippen molar-refractivity contribution in [2.75, 3.05) is 19.6 Å². The maximum Gasteiger partial charge on any atom is 0.222 e. The van der Waals surface area contributed by atoms with Crippen LogP contribution in [0.15, 0.2) is 0 Å². The summed E-state index contributed by atoms with van der Waals surface area (Å²) in [6.45, 7) is 9.60. The van der Waals surface area contributed by atoms with Crippen LogP contribution in [0.1, 0.15) is 72.1 Å². The van der Waals surface area contributed by atoms with Gasteiger partial charge in [-0.2, -0.15) is 0 Å². The summed E-state index contributed by atoms with van der Waals surface area (Å²) in [5, 5.41) is 3.80. The number of rotatable bonds is 6. The van der Waals surface area contributed by atoms with Gasteiger partial charge < -0.3 is 10.2 Å². The smallest absolute Gasteiger partial charge is 0.222 e. The molecule has 0 aromatic rings. The van der Waals surface area contributed by atoms with Crippen LogP contribution in [0.25, 0.3) is 0 Å². The summed E-state index contributed by atoms with van der Waals surface area (Å²) in [4.78, 5) is 14.6. The van der Waals surface area contributed by atoms with Gasteiger partial charge in [0.2, 0.25) is 5.91 Å². The van der Waals surface area contributed by atoms with Crippen molar-refractivity contribution in [3.8, 4) is 0 Å². The maximum atomic E-state index is 12.4. The predicted octanol–water partition coefficient (Wildman–Crippen LogP) is 3.83. The normalized spacial score (nSPS) is 27.4. The molecule has 0 spiro atoms. The van der Waals surface area contributed by atoms with Gasteiger partial charge in [0.1, 0.15) is 0 Å². The van der Waals surface area contributed by atoms with Crippen LogP contribution in [-0.4, -0.2) is 36.5 Å². The van der Waals surface area contributed by atoms with E-state index in [9.17, 15) is 4.79 Å². The van der Waals surface area contributed by atoms with Gasteiger partial charge in [0.25, 0.3) is 0 Å². The fourth-order valence-electron chi connectivity index (χ4n) is 4.05. The van der Waals surface area contributed by atoms with E-state index in [1.807, 2.05) is 0 Å². The second-order valence-electron chi connectivity index (χ2n) is 8.02. The summed E-state index contributed by atoms with van der Waals surface area (Å²) in [5.74, 6) is 2.37. The molecule has 2 rings (SSSR count). The molecule has 0 aromatic heterocycles. The lowest BCUT2D eigenvalue weighted by Gasteiger charge is -2.39. The number of hydrogen-bond donors (Lipinski definition) is 1. The third-order valence-corrected chi connectivity index (χ3v) is 5.47. The minimum Gasteiger partial charge on any atom is -0.341 e. The summed E-state index contributed by atoms with van der Waals surface area (Å²) in [5.41, 5.74) is 0. The maximum absolute atomic E-state index is 12.4. The molecule has 3 nitrogen and oxygen atoms in total. The van der Waals surface area contributed by atoms with Crippen LogP contribution in [0.4, 0.5) is 0 Å². The number of nitrogens with one attached hydrogen (secondary N) is 1. The Kier molecular flexibility index (Phi) is 7.20. The SMILES string of the molecule is CCC1CC(NCC2CCCCC2)CN(C(=O)CC(C)C)C1. The first-order valence-electron chi connectivity index (χ1n) is 9.59. The molecule has 1 heterocycles. The van der Waals surface area contributed by atoms with E-state index in [-0.39, 0.29) is 0 Å². The Morgan fingerprint density at radius 3 is 2.50 bits per heavy atom. The monoisotopic (exact) mass is 308 g/mol. The number of carbonyl (C=O) groups excluding carboxylic acids is 1. The second-order valence-corrected chi connectivity index (χ2v) is 8.02.